The Kier molecular flexibility index (Phi) is 7.45. The summed E-state index contributed by atoms with van der Waals surface area (Å²) < 4.78 is 5.64. The number of nitrogens with one attached hydrogen (secondary N) is 1. The van der Waals surface area contributed by atoms with E-state index in [1.807, 2.05) is 7.05 Å². The fourth-order valence-electron chi connectivity index (χ4n) is 0.951. The predicted octanol–water partition coefficient (Wildman–Crippen LogP) is 0.563. The zero-order valence-electron chi connectivity index (χ0n) is 8.76. The molecule has 12 heavy (non-hydrogen) atoms. The SMILES string of the molecule is CCC(CNC)OCCN(C)C. The average molecular weight is 174 g/mol. The summed E-state index contributed by atoms with van der Waals surface area (Å²) in [5.74, 6) is 0. The van der Waals surface area contributed by atoms with Gasteiger partial charge in [-0.05, 0) is 27.6 Å². The van der Waals surface area contributed by atoms with Crippen molar-refractivity contribution in [2.24, 2.45) is 0 Å². The van der Waals surface area contributed by atoms with Gasteiger partial charge in [-0.3, -0.25) is 0 Å². The van der Waals surface area contributed by atoms with Gasteiger partial charge in [-0.25, -0.2) is 0 Å². The summed E-state index contributed by atoms with van der Waals surface area (Å²) in [6.07, 6.45) is 1.45. The van der Waals surface area contributed by atoms with Crippen molar-refractivity contribution in [3.63, 3.8) is 0 Å². The predicted molar refractivity (Wildman–Crippen MR) is 52.5 cm³/mol. The molecular formula is C9H22N2O. The Morgan fingerprint density at radius 3 is 2.50 bits per heavy atom. The molecule has 1 N–H and O–H groups in total. The molecule has 0 spiro atoms. The lowest BCUT2D eigenvalue weighted by molar-refractivity contribution is 0.0433. The van der Waals surface area contributed by atoms with E-state index in [-0.39, 0.29) is 0 Å². The lowest BCUT2D eigenvalue weighted by atomic mass is 10.3. The van der Waals surface area contributed by atoms with Gasteiger partial charge in [0.15, 0.2) is 0 Å². The molecule has 0 amide bonds. The summed E-state index contributed by atoms with van der Waals surface area (Å²) in [6, 6.07) is 0. The van der Waals surface area contributed by atoms with Crippen molar-refractivity contribution in [1.82, 2.24) is 10.2 Å². The molecule has 1 atom stereocenters. The van der Waals surface area contributed by atoms with Gasteiger partial charge in [-0.2, -0.15) is 0 Å². The second-order valence-electron chi connectivity index (χ2n) is 3.26. The summed E-state index contributed by atoms with van der Waals surface area (Å²) in [5.41, 5.74) is 0. The minimum atomic E-state index is 0.370. The fourth-order valence-corrected chi connectivity index (χ4v) is 0.951. The Labute approximate surface area is 76.1 Å². The molecular weight excluding hydrogens is 152 g/mol. The maximum Gasteiger partial charge on any atom is 0.0697 e. The molecule has 1 unspecified atom stereocenters. The van der Waals surface area contributed by atoms with Crippen LogP contribution in [0.1, 0.15) is 13.3 Å². The van der Waals surface area contributed by atoms with Crippen molar-refractivity contribution in [1.29, 1.82) is 0 Å². The summed E-state index contributed by atoms with van der Waals surface area (Å²) in [5, 5.41) is 3.12. The molecule has 0 radical (unpaired) electrons. The number of likely N-dealkylation sites (N-methyl/N-ethyl adjacent to an activating group) is 2. The van der Waals surface area contributed by atoms with Gasteiger partial charge in [-0.1, -0.05) is 6.92 Å². The molecule has 3 heteroatoms. The van der Waals surface area contributed by atoms with E-state index in [4.69, 9.17) is 4.74 Å². The third kappa shape index (κ3) is 6.58. The van der Waals surface area contributed by atoms with E-state index in [0.29, 0.717) is 6.10 Å². The van der Waals surface area contributed by atoms with Crippen LogP contribution in [0.3, 0.4) is 0 Å². The van der Waals surface area contributed by atoms with Gasteiger partial charge >= 0.3 is 0 Å². The van der Waals surface area contributed by atoms with Crippen LogP contribution in [0, 0.1) is 0 Å². The van der Waals surface area contributed by atoms with Gasteiger partial charge in [0.2, 0.25) is 0 Å². The van der Waals surface area contributed by atoms with E-state index in [1.165, 1.54) is 0 Å². The molecule has 0 aromatic rings. The topological polar surface area (TPSA) is 24.5 Å². The highest BCUT2D eigenvalue weighted by molar-refractivity contribution is 4.57. The molecule has 0 saturated heterocycles. The third-order valence-electron chi connectivity index (χ3n) is 1.78. The Bertz CT molecular complexity index is 96.5. The summed E-state index contributed by atoms with van der Waals surface area (Å²) in [7, 11) is 6.07. The molecule has 0 fully saturated rings. The van der Waals surface area contributed by atoms with Crippen LogP contribution in [-0.4, -0.2) is 51.8 Å². The molecule has 0 saturated carbocycles. The van der Waals surface area contributed by atoms with Crippen molar-refractivity contribution in [2.75, 3.05) is 40.8 Å². The highest BCUT2D eigenvalue weighted by atomic mass is 16.5. The molecule has 0 heterocycles. The quantitative estimate of drug-likeness (QED) is 0.610. The normalized spacial score (nSPS) is 13.8. The smallest absolute Gasteiger partial charge is 0.0697 e. The highest BCUT2D eigenvalue weighted by Crippen LogP contribution is 1.95. The van der Waals surface area contributed by atoms with Gasteiger partial charge in [0.1, 0.15) is 0 Å². The number of ether oxygens (including phenoxy) is 1. The van der Waals surface area contributed by atoms with Crippen LogP contribution < -0.4 is 5.32 Å². The van der Waals surface area contributed by atoms with Crippen molar-refractivity contribution in [3.8, 4) is 0 Å². The maximum absolute atomic E-state index is 5.64. The standard InChI is InChI=1S/C9H22N2O/c1-5-9(8-10-2)12-7-6-11(3)4/h9-10H,5-8H2,1-4H3. The van der Waals surface area contributed by atoms with Crippen LogP contribution in [-0.2, 0) is 4.74 Å². The molecule has 0 aliphatic carbocycles. The van der Waals surface area contributed by atoms with Gasteiger partial charge < -0.3 is 15.0 Å². The Hall–Kier alpha value is -0.120. The van der Waals surface area contributed by atoms with Gasteiger partial charge in [-0.15, -0.1) is 0 Å². The first-order valence-electron chi connectivity index (χ1n) is 4.61. The average Bonchev–Trinajstić information content (AvgIpc) is 2.02. The van der Waals surface area contributed by atoms with Gasteiger partial charge in [0.05, 0.1) is 12.7 Å². The van der Waals surface area contributed by atoms with E-state index in [2.05, 4.69) is 31.2 Å². The van der Waals surface area contributed by atoms with Crippen molar-refractivity contribution < 1.29 is 4.74 Å². The molecule has 0 aliphatic rings. The van der Waals surface area contributed by atoms with Crippen LogP contribution in [0.5, 0.6) is 0 Å². The second-order valence-corrected chi connectivity index (χ2v) is 3.26. The first kappa shape index (κ1) is 11.9. The maximum atomic E-state index is 5.64. The van der Waals surface area contributed by atoms with Crippen molar-refractivity contribution in [2.45, 2.75) is 19.4 Å². The van der Waals surface area contributed by atoms with Crippen LogP contribution in [0.15, 0.2) is 0 Å². The van der Waals surface area contributed by atoms with Gasteiger partial charge in [0, 0.05) is 13.1 Å². The largest absolute Gasteiger partial charge is 0.376 e. The number of hydrogen-bond acceptors (Lipinski definition) is 3. The molecule has 0 aromatic heterocycles. The minimum absolute atomic E-state index is 0.370. The molecule has 3 nitrogen and oxygen atoms in total. The van der Waals surface area contributed by atoms with Crippen LogP contribution in [0.4, 0.5) is 0 Å². The van der Waals surface area contributed by atoms with E-state index in [0.717, 1.165) is 26.1 Å². The molecule has 0 aliphatic heterocycles. The number of hydrogen-bond donors (Lipinski definition) is 1. The zero-order chi connectivity index (χ0) is 9.40. The fraction of sp³-hybridized carbons (Fsp3) is 1.00. The first-order chi connectivity index (χ1) is 5.70. The van der Waals surface area contributed by atoms with Crippen LogP contribution >= 0.6 is 0 Å². The Balaban J connectivity index is 3.31. The molecule has 0 aromatic carbocycles. The first-order valence-corrected chi connectivity index (χ1v) is 4.61. The molecule has 0 rings (SSSR count). The summed E-state index contributed by atoms with van der Waals surface area (Å²) >= 11 is 0. The summed E-state index contributed by atoms with van der Waals surface area (Å²) in [6.45, 7) is 4.93. The van der Waals surface area contributed by atoms with E-state index >= 15 is 0 Å². The number of rotatable bonds is 7. The third-order valence-corrected chi connectivity index (χ3v) is 1.78. The van der Waals surface area contributed by atoms with Gasteiger partial charge in [0.25, 0.3) is 0 Å². The van der Waals surface area contributed by atoms with E-state index in [9.17, 15) is 0 Å². The van der Waals surface area contributed by atoms with E-state index < -0.39 is 0 Å². The lowest BCUT2D eigenvalue weighted by Gasteiger charge is -2.17. The molecule has 0 bridgehead atoms. The minimum Gasteiger partial charge on any atom is -0.376 e. The zero-order valence-corrected chi connectivity index (χ0v) is 8.76. The second kappa shape index (κ2) is 7.53. The molecule has 74 valence electrons. The number of nitrogens with zero attached hydrogens (tertiary/aromatic N) is 1. The lowest BCUT2D eigenvalue weighted by Crippen LogP contribution is -2.29. The van der Waals surface area contributed by atoms with Crippen LogP contribution in [0.2, 0.25) is 0 Å². The highest BCUT2D eigenvalue weighted by Gasteiger charge is 2.03. The Morgan fingerprint density at radius 1 is 1.42 bits per heavy atom. The van der Waals surface area contributed by atoms with Crippen LogP contribution in [0.25, 0.3) is 0 Å². The van der Waals surface area contributed by atoms with E-state index in [1.54, 1.807) is 0 Å². The Morgan fingerprint density at radius 2 is 2.08 bits per heavy atom. The van der Waals surface area contributed by atoms with Crippen molar-refractivity contribution in [3.05, 3.63) is 0 Å². The monoisotopic (exact) mass is 174 g/mol. The van der Waals surface area contributed by atoms with Crippen molar-refractivity contribution >= 4 is 0 Å². The summed E-state index contributed by atoms with van der Waals surface area (Å²) in [4.78, 5) is 2.13.